The number of benzene rings is 1. The van der Waals surface area contributed by atoms with Crippen LogP contribution in [0.1, 0.15) is 5.56 Å². The molecule has 56 valence electrons. The summed E-state index contributed by atoms with van der Waals surface area (Å²) in [5, 5.41) is 0. The van der Waals surface area contributed by atoms with Crippen LogP contribution in [0, 0.1) is 12.7 Å². The molecule has 4 heteroatoms. The van der Waals surface area contributed by atoms with Crippen molar-refractivity contribution < 1.29 is 20.7 Å². The van der Waals surface area contributed by atoms with Crippen molar-refractivity contribution in [2.45, 2.75) is 0 Å². The van der Waals surface area contributed by atoms with Gasteiger partial charge in [0.1, 0.15) is 0 Å². The Morgan fingerprint density at radius 2 is 1.91 bits per heavy atom. The third kappa shape index (κ3) is 4.24. The molecule has 0 atom stereocenters. The van der Waals surface area contributed by atoms with Gasteiger partial charge in [0.15, 0.2) is 0 Å². The van der Waals surface area contributed by atoms with E-state index in [1.807, 2.05) is 0 Å². The van der Waals surface area contributed by atoms with E-state index in [4.69, 9.17) is 0 Å². The van der Waals surface area contributed by atoms with E-state index in [1.165, 1.54) is 22.4 Å². The molecule has 0 aromatic heterocycles. The molecule has 0 aliphatic carbocycles. The van der Waals surface area contributed by atoms with E-state index >= 15 is 0 Å². The third-order valence-corrected chi connectivity index (χ3v) is 1.51. The summed E-state index contributed by atoms with van der Waals surface area (Å²) in [6.07, 6.45) is 0. The van der Waals surface area contributed by atoms with Crippen LogP contribution in [0.15, 0.2) is 22.7 Å². The summed E-state index contributed by atoms with van der Waals surface area (Å²) in [6.45, 7) is 3.47. The molecular formula is C7H5Br2FZn. The van der Waals surface area contributed by atoms with Crippen LogP contribution < -0.4 is 0 Å². The normalized spacial score (nSPS) is 8.45. The van der Waals surface area contributed by atoms with Gasteiger partial charge in [-0.05, 0) is 4.47 Å². The van der Waals surface area contributed by atoms with Gasteiger partial charge < -0.3 is 0 Å². The van der Waals surface area contributed by atoms with Crippen LogP contribution in [-0.2, 0) is 16.3 Å². The molecule has 0 heterocycles. The summed E-state index contributed by atoms with van der Waals surface area (Å²) >= 11 is 7.38. The number of hydrogen-bond donors (Lipinski definition) is 0. The summed E-state index contributed by atoms with van der Waals surface area (Å²) < 4.78 is 13.2. The first-order valence-electron chi connectivity index (χ1n) is 2.74. The average Bonchev–Trinajstić information content (AvgIpc) is 2.02. The first-order chi connectivity index (χ1) is 5.20. The monoisotopic (exact) mass is 330 g/mol. The minimum atomic E-state index is -0.274. The van der Waals surface area contributed by atoms with Crippen LogP contribution in [0.5, 0.6) is 0 Å². The predicted molar refractivity (Wildman–Crippen MR) is 47.5 cm³/mol. The van der Waals surface area contributed by atoms with Crippen molar-refractivity contribution in [1.82, 2.24) is 0 Å². The van der Waals surface area contributed by atoms with E-state index in [0.717, 1.165) is 4.47 Å². The van der Waals surface area contributed by atoms with Gasteiger partial charge >= 0.3 is 30.0 Å². The Morgan fingerprint density at radius 3 is 2.27 bits per heavy atom. The van der Waals surface area contributed by atoms with E-state index in [2.05, 4.69) is 36.5 Å². The van der Waals surface area contributed by atoms with Gasteiger partial charge in [0, 0.05) is 5.82 Å². The van der Waals surface area contributed by atoms with Crippen LogP contribution in [0.4, 0.5) is 4.39 Å². The molecule has 1 aromatic rings. The Morgan fingerprint density at radius 1 is 1.36 bits per heavy atom. The molecule has 0 radical (unpaired) electrons. The van der Waals surface area contributed by atoms with Gasteiger partial charge in [-0.2, -0.15) is 18.6 Å². The summed E-state index contributed by atoms with van der Waals surface area (Å²) in [4.78, 5) is 0. The topological polar surface area (TPSA) is 0 Å². The second kappa shape index (κ2) is 6.16. The SMILES string of the molecule is [CH2-]c1ccc(Br)cc1F.[Zn+][Br]. The van der Waals surface area contributed by atoms with E-state index < -0.39 is 0 Å². The molecule has 0 amide bonds. The fraction of sp³-hybridized carbons (Fsp3) is 0. The molecule has 0 aliphatic heterocycles. The maximum absolute atomic E-state index is 12.5. The van der Waals surface area contributed by atoms with E-state index in [9.17, 15) is 4.39 Å². The molecule has 0 nitrogen and oxygen atoms in total. The minimum absolute atomic E-state index is 0.274. The van der Waals surface area contributed by atoms with Gasteiger partial charge in [-0.3, -0.25) is 4.39 Å². The van der Waals surface area contributed by atoms with Crippen LogP contribution in [0.3, 0.4) is 0 Å². The molecule has 1 rings (SSSR count). The van der Waals surface area contributed by atoms with Crippen LogP contribution in [0.25, 0.3) is 0 Å². The predicted octanol–water partition coefficient (Wildman–Crippen LogP) is 3.61. The van der Waals surface area contributed by atoms with Gasteiger partial charge in [-0.25, -0.2) is 0 Å². The van der Waals surface area contributed by atoms with Crippen molar-refractivity contribution in [3.63, 3.8) is 0 Å². The molecule has 0 aliphatic rings. The molecule has 0 spiro atoms. The Hall–Kier alpha value is 0.603. The van der Waals surface area contributed by atoms with Crippen molar-refractivity contribution in [3.05, 3.63) is 41.0 Å². The fourth-order valence-corrected chi connectivity index (χ4v) is 0.855. The van der Waals surface area contributed by atoms with Crippen molar-refractivity contribution in [2.75, 3.05) is 0 Å². The van der Waals surface area contributed by atoms with Gasteiger partial charge in [-0.1, -0.05) is 22.0 Å². The van der Waals surface area contributed by atoms with E-state index in [0.29, 0.717) is 5.56 Å². The average molecular weight is 333 g/mol. The maximum atomic E-state index is 12.5. The molecule has 0 saturated heterocycles. The zero-order valence-corrected chi connectivity index (χ0v) is 11.9. The molecule has 0 saturated carbocycles. The molecular weight excluding hydrogens is 328 g/mol. The van der Waals surface area contributed by atoms with Crippen LogP contribution in [-0.4, -0.2) is 0 Å². The van der Waals surface area contributed by atoms with Crippen LogP contribution in [0.2, 0.25) is 0 Å². The molecule has 11 heavy (non-hydrogen) atoms. The number of hydrogen-bond acceptors (Lipinski definition) is 0. The summed E-state index contributed by atoms with van der Waals surface area (Å²) in [6, 6.07) is 4.77. The Kier molecular flexibility index (Phi) is 6.49. The van der Waals surface area contributed by atoms with E-state index in [1.54, 1.807) is 12.1 Å². The molecule has 0 unspecified atom stereocenters. The Balaban J connectivity index is 0.000000461. The van der Waals surface area contributed by atoms with Gasteiger partial charge in [0.25, 0.3) is 0 Å². The first-order valence-corrected chi connectivity index (χ1v) is 10.5. The summed E-state index contributed by atoms with van der Waals surface area (Å²) in [5.41, 5.74) is 0.429. The fourth-order valence-electron chi connectivity index (χ4n) is 0.522. The van der Waals surface area contributed by atoms with Crippen molar-refractivity contribution >= 4 is 29.6 Å². The van der Waals surface area contributed by atoms with Crippen molar-refractivity contribution in [3.8, 4) is 0 Å². The Bertz CT molecular complexity index is 228. The van der Waals surface area contributed by atoms with Crippen molar-refractivity contribution in [2.24, 2.45) is 0 Å². The second-order valence-electron chi connectivity index (χ2n) is 1.74. The quantitative estimate of drug-likeness (QED) is 0.503. The second-order valence-corrected chi connectivity index (χ2v) is 2.65. The van der Waals surface area contributed by atoms with Crippen LogP contribution >= 0.6 is 29.6 Å². The van der Waals surface area contributed by atoms with Gasteiger partial charge in [0.2, 0.25) is 0 Å². The molecule has 1 aromatic carbocycles. The van der Waals surface area contributed by atoms with Gasteiger partial charge in [-0.15, -0.1) is 6.07 Å². The van der Waals surface area contributed by atoms with Gasteiger partial charge in [0.05, 0.1) is 0 Å². The molecule has 0 fully saturated rings. The Labute approximate surface area is 90.7 Å². The molecule has 0 N–H and O–H groups in total. The number of rotatable bonds is 0. The zero-order chi connectivity index (χ0) is 8.85. The summed E-state index contributed by atoms with van der Waals surface area (Å²) in [7, 11) is 0. The van der Waals surface area contributed by atoms with E-state index in [-0.39, 0.29) is 5.82 Å². The number of halogens is 3. The standard InChI is InChI=1S/C7H5BrF.BrH.Zn/c1-5-2-3-6(8)4-7(5)9;;/h2-4H,1H2;1H;/q-1;;+2/p-1. The molecule has 0 bridgehead atoms. The first kappa shape index (κ1) is 11.6. The summed E-state index contributed by atoms with van der Waals surface area (Å²) in [5.74, 6) is -0.274. The van der Waals surface area contributed by atoms with Crippen molar-refractivity contribution in [1.29, 1.82) is 0 Å². The zero-order valence-electron chi connectivity index (χ0n) is 5.78. The third-order valence-electron chi connectivity index (χ3n) is 1.02.